The number of benzene rings is 1. The molecule has 1 aliphatic rings. The topological polar surface area (TPSA) is 70.3 Å². The average Bonchev–Trinajstić information content (AvgIpc) is 3.09. The minimum atomic E-state index is -0.930. The van der Waals surface area contributed by atoms with Gasteiger partial charge in [-0.3, -0.25) is 4.90 Å². The van der Waals surface area contributed by atoms with Crippen molar-refractivity contribution in [3.8, 4) is 5.69 Å². The number of hydrogen-bond donors (Lipinski definition) is 1. The third-order valence-electron chi connectivity index (χ3n) is 4.58. The molecule has 0 atom stereocenters. The van der Waals surface area contributed by atoms with Crippen molar-refractivity contribution >= 4 is 16.9 Å². The van der Waals surface area contributed by atoms with Crippen molar-refractivity contribution in [1.82, 2.24) is 24.6 Å². The molecule has 0 saturated carbocycles. The number of nitrogens with zero attached hydrogens (tertiary/aromatic N) is 6. The Morgan fingerprint density at radius 1 is 1.04 bits per heavy atom. The average molecular weight is 360 g/mol. The van der Waals surface area contributed by atoms with Gasteiger partial charge >= 0.3 is 0 Å². The third kappa shape index (κ3) is 2.99. The molecule has 1 aliphatic heterocycles. The summed E-state index contributed by atoms with van der Waals surface area (Å²) in [7, 11) is 0. The molecule has 0 unspecified atom stereocenters. The highest BCUT2D eigenvalue weighted by molar-refractivity contribution is 5.87. The Hall–Kier alpha value is -2.65. The van der Waals surface area contributed by atoms with Gasteiger partial charge in [0.05, 0.1) is 23.9 Å². The van der Waals surface area contributed by atoms with E-state index >= 15 is 0 Å². The Balaban J connectivity index is 1.66. The summed E-state index contributed by atoms with van der Waals surface area (Å²) in [6, 6.07) is 3.62. The van der Waals surface area contributed by atoms with Crippen LogP contribution in [0.5, 0.6) is 0 Å². The van der Waals surface area contributed by atoms with Crippen LogP contribution in [0, 0.1) is 11.6 Å². The highest BCUT2D eigenvalue weighted by Gasteiger charge is 2.21. The van der Waals surface area contributed by atoms with Gasteiger partial charge in [0.2, 0.25) is 0 Å². The Morgan fingerprint density at radius 2 is 1.85 bits per heavy atom. The van der Waals surface area contributed by atoms with E-state index in [1.54, 1.807) is 6.20 Å². The Bertz CT molecular complexity index is 923. The number of fused-ring (bicyclic) bond motifs is 1. The second-order valence-corrected chi connectivity index (χ2v) is 6.14. The lowest BCUT2D eigenvalue weighted by atomic mass is 10.2. The second kappa shape index (κ2) is 6.93. The molecule has 0 spiro atoms. The van der Waals surface area contributed by atoms with Crippen LogP contribution in [0.25, 0.3) is 16.7 Å². The van der Waals surface area contributed by atoms with Gasteiger partial charge < -0.3 is 10.0 Å². The number of aliphatic hydroxyl groups is 1. The number of piperazine rings is 1. The Morgan fingerprint density at radius 3 is 2.58 bits per heavy atom. The molecule has 1 fully saturated rings. The molecule has 1 saturated heterocycles. The molecule has 26 heavy (non-hydrogen) atoms. The number of aliphatic hydroxyl groups excluding tert-OH is 1. The first-order valence-corrected chi connectivity index (χ1v) is 8.39. The minimum absolute atomic E-state index is 0.152. The number of halogens is 2. The summed E-state index contributed by atoms with van der Waals surface area (Å²) < 4.78 is 28.2. The molecule has 0 aliphatic carbocycles. The molecule has 136 valence electrons. The molecule has 7 nitrogen and oxygen atoms in total. The summed E-state index contributed by atoms with van der Waals surface area (Å²) in [5, 5.41) is 14.1. The molecule has 1 N–H and O–H groups in total. The van der Waals surface area contributed by atoms with Crippen LogP contribution in [0.2, 0.25) is 0 Å². The smallest absolute Gasteiger partial charge is 0.168 e. The molecule has 0 radical (unpaired) electrons. The molecule has 0 amide bonds. The number of rotatable bonds is 4. The Kier molecular flexibility index (Phi) is 4.48. The number of anilines is 1. The number of hydrogen-bond acceptors (Lipinski definition) is 6. The molecular formula is C17H18F2N6O. The van der Waals surface area contributed by atoms with Crippen molar-refractivity contribution in [2.24, 2.45) is 0 Å². The molecule has 0 bridgehead atoms. The van der Waals surface area contributed by atoms with Crippen LogP contribution >= 0.6 is 0 Å². The van der Waals surface area contributed by atoms with Crippen molar-refractivity contribution in [3.05, 3.63) is 42.4 Å². The molecule has 3 heterocycles. The van der Waals surface area contributed by atoms with E-state index in [2.05, 4.69) is 24.9 Å². The van der Waals surface area contributed by atoms with E-state index < -0.39 is 11.6 Å². The predicted octanol–water partition coefficient (Wildman–Crippen LogP) is 1.21. The monoisotopic (exact) mass is 360 g/mol. The first-order valence-electron chi connectivity index (χ1n) is 8.39. The zero-order valence-corrected chi connectivity index (χ0v) is 14.0. The zero-order valence-electron chi connectivity index (χ0n) is 14.0. The van der Waals surface area contributed by atoms with Gasteiger partial charge in [-0.2, -0.15) is 5.10 Å². The lowest BCUT2D eigenvalue weighted by molar-refractivity contribution is 0.188. The van der Waals surface area contributed by atoms with Crippen LogP contribution in [0.15, 0.2) is 30.7 Å². The quantitative estimate of drug-likeness (QED) is 0.754. The summed E-state index contributed by atoms with van der Waals surface area (Å²) >= 11 is 0. The summed E-state index contributed by atoms with van der Waals surface area (Å²) in [5.74, 6) is -1.06. The molecule has 3 aromatic rings. The number of aromatic nitrogens is 4. The van der Waals surface area contributed by atoms with E-state index in [1.807, 2.05) is 0 Å². The first-order chi connectivity index (χ1) is 12.7. The molecule has 9 heteroatoms. The van der Waals surface area contributed by atoms with Crippen LogP contribution in [0.4, 0.5) is 14.6 Å². The van der Waals surface area contributed by atoms with Gasteiger partial charge in [-0.25, -0.2) is 23.4 Å². The van der Waals surface area contributed by atoms with E-state index in [0.29, 0.717) is 17.9 Å². The van der Waals surface area contributed by atoms with Gasteiger partial charge in [0.15, 0.2) is 17.3 Å². The van der Waals surface area contributed by atoms with Gasteiger partial charge in [0, 0.05) is 38.8 Å². The fraction of sp³-hybridized carbons (Fsp3) is 0.353. The van der Waals surface area contributed by atoms with Crippen molar-refractivity contribution in [2.45, 2.75) is 0 Å². The van der Waals surface area contributed by atoms with Crippen LogP contribution < -0.4 is 4.90 Å². The first kappa shape index (κ1) is 16.8. The predicted molar refractivity (Wildman–Crippen MR) is 92.3 cm³/mol. The molecule has 1 aromatic carbocycles. The normalized spacial score (nSPS) is 15.7. The highest BCUT2D eigenvalue weighted by atomic mass is 19.2. The minimum Gasteiger partial charge on any atom is -0.395 e. The van der Waals surface area contributed by atoms with Crippen LogP contribution in [-0.4, -0.2) is 69.1 Å². The molecular weight excluding hydrogens is 342 g/mol. The van der Waals surface area contributed by atoms with Crippen molar-refractivity contribution in [1.29, 1.82) is 0 Å². The lowest BCUT2D eigenvalue weighted by Crippen LogP contribution is -2.47. The fourth-order valence-electron chi connectivity index (χ4n) is 3.21. The van der Waals surface area contributed by atoms with Gasteiger partial charge in [-0.15, -0.1) is 0 Å². The van der Waals surface area contributed by atoms with Gasteiger partial charge in [0.25, 0.3) is 0 Å². The summed E-state index contributed by atoms with van der Waals surface area (Å²) in [6.45, 7) is 4.05. The Labute approximate surface area is 148 Å². The van der Waals surface area contributed by atoms with Gasteiger partial charge in [-0.1, -0.05) is 0 Å². The third-order valence-corrected chi connectivity index (χ3v) is 4.58. The van der Waals surface area contributed by atoms with Crippen LogP contribution in [0.3, 0.4) is 0 Å². The van der Waals surface area contributed by atoms with Gasteiger partial charge in [-0.05, 0) is 12.1 Å². The SMILES string of the molecule is OCCN1CCN(c2ncnc3c2cnn3-c2ccc(F)c(F)c2)CC1. The van der Waals surface area contributed by atoms with Crippen LogP contribution in [0.1, 0.15) is 0 Å². The maximum absolute atomic E-state index is 13.6. The largest absolute Gasteiger partial charge is 0.395 e. The molecule has 4 rings (SSSR count). The zero-order chi connectivity index (χ0) is 18.1. The van der Waals surface area contributed by atoms with Crippen molar-refractivity contribution in [3.63, 3.8) is 0 Å². The summed E-state index contributed by atoms with van der Waals surface area (Å²) in [4.78, 5) is 13.0. The highest BCUT2D eigenvalue weighted by Crippen LogP contribution is 2.25. The van der Waals surface area contributed by atoms with Crippen molar-refractivity contribution < 1.29 is 13.9 Å². The van der Waals surface area contributed by atoms with E-state index in [-0.39, 0.29) is 6.61 Å². The lowest BCUT2D eigenvalue weighted by Gasteiger charge is -2.35. The standard InChI is InChI=1S/C17H18F2N6O/c18-14-2-1-12(9-15(14)19)25-17-13(10-22-25)16(20-11-21-17)24-5-3-23(4-6-24)7-8-26/h1-2,9-11,26H,3-8H2. The second-order valence-electron chi connectivity index (χ2n) is 6.14. The van der Waals surface area contributed by atoms with Crippen molar-refractivity contribution in [2.75, 3.05) is 44.2 Å². The van der Waals surface area contributed by atoms with E-state index in [4.69, 9.17) is 5.11 Å². The van der Waals surface area contributed by atoms with E-state index in [0.717, 1.165) is 49.5 Å². The van der Waals surface area contributed by atoms with Crippen LogP contribution in [-0.2, 0) is 0 Å². The maximum atomic E-state index is 13.6. The van der Waals surface area contributed by atoms with E-state index in [1.165, 1.54) is 17.1 Å². The van der Waals surface area contributed by atoms with Gasteiger partial charge in [0.1, 0.15) is 12.1 Å². The fourth-order valence-corrected chi connectivity index (χ4v) is 3.21. The summed E-state index contributed by atoms with van der Waals surface area (Å²) in [6.07, 6.45) is 3.10. The van der Waals surface area contributed by atoms with E-state index in [9.17, 15) is 8.78 Å². The molecule has 2 aromatic heterocycles. The number of β-amino-alcohol motifs (C(OH)–C–C–N with tert-alkyl or cyclic N) is 1. The maximum Gasteiger partial charge on any atom is 0.168 e. The summed E-state index contributed by atoms with van der Waals surface area (Å²) in [5.41, 5.74) is 0.940.